The number of carbonyl (C=O) groups excluding carboxylic acids is 1. The second-order valence-corrected chi connectivity index (χ2v) is 10.4. The molecule has 0 bridgehead atoms. The number of nitro groups is 1. The van der Waals surface area contributed by atoms with E-state index in [4.69, 9.17) is 4.74 Å². The van der Waals surface area contributed by atoms with E-state index >= 15 is 0 Å². The molecule has 0 N–H and O–H groups in total. The molecule has 1 aromatic rings. The van der Waals surface area contributed by atoms with E-state index in [1.165, 1.54) is 0 Å². The molecular weight excluding hydrogens is 729 g/mol. The number of nitro benzene ring substituents is 1. The molecular formula is C26H26F17NO5. The molecule has 0 radical (unpaired) electrons. The molecule has 0 amide bonds. The minimum absolute atomic E-state index is 0.125. The van der Waals surface area contributed by atoms with E-state index in [0.717, 1.165) is 38.2 Å². The van der Waals surface area contributed by atoms with Crippen LogP contribution < -0.4 is 4.74 Å². The van der Waals surface area contributed by atoms with Crippen LogP contribution in [0.15, 0.2) is 18.2 Å². The zero-order valence-corrected chi connectivity index (χ0v) is 24.7. The van der Waals surface area contributed by atoms with Gasteiger partial charge in [-0.15, -0.1) is 0 Å². The van der Waals surface area contributed by atoms with Crippen LogP contribution in [-0.4, -0.2) is 71.7 Å². The Balaban J connectivity index is 3.13. The SMILES string of the molecule is CCCCCCCCCOC(=O)c1ccc(OCCC(F)(F)C(F)(F)C(F)(F)C(F)(F)C(F)(F)C(F)(F)C(F)(F)C(F)(F)F)c([N+](=O)[O-])c1. The zero-order valence-electron chi connectivity index (χ0n) is 24.7. The summed E-state index contributed by atoms with van der Waals surface area (Å²) in [6, 6.07) is 1.64. The third-order valence-corrected chi connectivity index (χ3v) is 6.83. The lowest BCUT2D eigenvalue weighted by molar-refractivity contribution is -0.461. The van der Waals surface area contributed by atoms with Crippen molar-refractivity contribution in [2.45, 2.75) is 106 Å². The first-order valence-electron chi connectivity index (χ1n) is 13.8. The van der Waals surface area contributed by atoms with Gasteiger partial charge in [-0.2, -0.15) is 74.6 Å². The molecule has 49 heavy (non-hydrogen) atoms. The van der Waals surface area contributed by atoms with Gasteiger partial charge in [0.2, 0.25) is 0 Å². The number of rotatable bonds is 20. The number of unbranched alkanes of at least 4 members (excludes halogenated alkanes) is 6. The smallest absolute Gasteiger partial charge is 0.460 e. The van der Waals surface area contributed by atoms with Crippen molar-refractivity contribution in [2.24, 2.45) is 0 Å². The van der Waals surface area contributed by atoms with E-state index in [-0.39, 0.29) is 6.61 Å². The van der Waals surface area contributed by atoms with E-state index in [2.05, 4.69) is 4.74 Å². The number of hydrogen-bond donors (Lipinski definition) is 0. The fraction of sp³-hybridized carbons (Fsp3) is 0.731. The van der Waals surface area contributed by atoms with Crippen molar-refractivity contribution in [3.8, 4) is 5.75 Å². The Morgan fingerprint density at radius 3 is 1.57 bits per heavy atom. The van der Waals surface area contributed by atoms with Gasteiger partial charge in [0.15, 0.2) is 5.75 Å². The number of halogens is 17. The molecule has 0 aliphatic heterocycles. The number of alkyl halides is 17. The number of benzene rings is 1. The van der Waals surface area contributed by atoms with Gasteiger partial charge in [-0.1, -0.05) is 45.4 Å². The summed E-state index contributed by atoms with van der Waals surface area (Å²) < 4.78 is 237. The first-order chi connectivity index (χ1) is 22.0. The summed E-state index contributed by atoms with van der Waals surface area (Å²) in [5, 5.41) is 11.3. The summed E-state index contributed by atoms with van der Waals surface area (Å²) in [4.78, 5) is 22.2. The molecule has 0 heterocycles. The lowest BCUT2D eigenvalue weighted by atomic mass is 9.88. The van der Waals surface area contributed by atoms with Crippen LogP contribution in [0.25, 0.3) is 0 Å². The molecule has 1 aromatic carbocycles. The van der Waals surface area contributed by atoms with Gasteiger partial charge in [0, 0.05) is 6.07 Å². The molecule has 0 atom stereocenters. The quantitative estimate of drug-likeness (QED) is 0.0435. The molecule has 23 heteroatoms. The van der Waals surface area contributed by atoms with Gasteiger partial charge < -0.3 is 9.47 Å². The summed E-state index contributed by atoms with van der Waals surface area (Å²) >= 11 is 0. The Bertz CT molecular complexity index is 1280. The van der Waals surface area contributed by atoms with Crippen molar-refractivity contribution >= 4 is 11.7 Å². The van der Waals surface area contributed by atoms with Crippen LogP contribution in [0.2, 0.25) is 0 Å². The predicted molar refractivity (Wildman–Crippen MR) is 132 cm³/mol. The van der Waals surface area contributed by atoms with Gasteiger partial charge in [0.25, 0.3) is 0 Å². The summed E-state index contributed by atoms with van der Waals surface area (Å²) in [6.07, 6.45) is -4.95. The molecule has 284 valence electrons. The van der Waals surface area contributed by atoms with Gasteiger partial charge in [-0.3, -0.25) is 10.1 Å². The highest BCUT2D eigenvalue weighted by atomic mass is 19.4. The van der Waals surface area contributed by atoms with E-state index < -0.39 is 88.6 Å². The molecule has 1 rings (SSSR count). The molecule has 0 saturated heterocycles. The highest BCUT2D eigenvalue weighted by molar-refractivity contribution is 5.90. The number of hydrogen-bond acceptors (Lipinski definition) is 5. The Kier molecular flexibility index (Phi) is 13.6. The number of carbonyl (C=O) groups is 1. The van der Waals surface area contributed by atoms with Crippen LogP contribution in [0.1, 0.15) is 68.6 Å². The lowest BCUT2D eigenvalue weighted by Gasteiger charge is -2.42. The minimum Gasteiger partial charge on any atom is -0.487 e. The fourth-order valence-corrected chi connectivity index (χ4v) is 3.86. The molecule has 0 aliphatic rings. The largest absolute Gasteiger partial charge is 0.487 e. The number of nitrogens with zero attached hydrogens (tertiary/aromatic N) is 1. The van der Waals surface area contributed by atoms with E-state index in [0.29, 0.717) is 25.0 Å². The first-order valence-corrected chi connectivity index (χ1v) is 13.8. The normalized spacial score (nSPS) is 14.2. The molecule has 0 unspecified atom stereocenters. The number of ether oxygens (including phenoxy) is 2. The second-order valence-electron chi connectivity index (χ2n) is 10.4. The topological polar surface area (TPSA) is 78.7 Å². The Hall–Kier alpha value is -3.30. The molecule has 0 fully saturated rings. The van der Waals surface area contributed by atoms with Crippen LogP contribution in [0.4, 0.5) is 80.3 Å². The maximum absolute atomic E-state index is 14.1. The highest BCUT2D eigenvalue weighted by Crippen LogP contribution is 2.64. The highest BCUT2D eigenvalue weighted by Gasteiger charge is 2.95. The molecule has 0 spiro atoms. The van der Waals surface area contributed by atoms with Gasteiger partial charge >= 0.3 is 59.3 Å². The van der Waals surface area contributed by atoms with Crippen LogP contribution in [0.5, 0.6) is 5.75 Å². The molecule has 6 nitrogen and oxygen atoms in total. The lowest BCUT2D eigenvalue weighted by Crippen LogP contribution is -2.74. The Labute approximate surface area is 265 Å². The maximum atomic E-state index is 14.1. The van der Waals surface area contributed by atoms with Crippen molar-refractivity contribution in [1.29, 1.82) is 0 Å². The fourth-order valence-electron chi connectivity index (χ4n) is 3.86. The average Bonchev–Trinajstić information content (AvgIpc) is 2.97. The van der Waals surface area contributed by atoms with Crippen LogP contribution in [0.3, 0.4) is 0 Å². The van der Waals surface area contributed by atoms with Crippen LogP contribution in [0, 0.1) is 10.1 Å². The van der Waals surface area contributed by atoms with Gasteiger partial charge in [0.1, 0.15) is 0 Å². The van der Waals surface area contributed by atoms with Gasteiger partial charge in [-0.05, 0) is 18.6 Å². The molecule has 0 saturated carbocycles. The van der Waals surface area contributed by atoms with Crippen molar-refractivity contribution in [3.63, 3.8) is 0 Å². The predicted octanol–water partition coefficient (Wildman–Crippen LogP) is 10.3. The second kappa shape index (κ2) is 15.3. The summed E-state index contributed by atoms with van der Waals surface area (Å²) in [5.41, 5.74) is -1.79. The Morgan fingerprint density at radius 2 is 1.10 bits per heavy atom. The number of esters is 1. The third-order valence-electron chi connectivity index (χ3n) is 6.83. The average molecular weight is 755 g/mol. The molecule has 0 aliphatic carbocycles. The van der Waals surface area contributed by atoms with Crippen LogP contribution >= 0.6 is 0 Å². The van der Waals surface area contributed by atoms with Crippen molar-refractivity contribution in [2.75, 3.05) is 13.2 Å². The van der Waals surface area contributed by atoms with Crippen molar-refractivity contribution in [1.82, 2.24) is 0 Å². The van der Waals surface area contributed by atoms with Gasteiger partial charge in [0.05, 0.1) is 30.1 Å². The Morgan fingerprint density at radius 1 is 0.653 bits per heavy atom. The van der Waals surface area contributed by atoms with Gasteiger partial charge in [-0.25, -0.2) is 4.79 Å². The van der Waals surface area contributed by atoms with E-state index in [1.807, 2.05) is 6.92 Å². The molecule has 0 aromatic heterocycles. The summed E-state index contributed by atoms with van der Waals surface area (Å²) in [7, 11) is 0. The first kappa shape index (κ1) is 43.7. The van der Waals surface area contributed by atoms with Crippen molar-refractivity contribution in [3.05, 3.63) is 33.9 Å². The standard InChI is InChI=1S/C26H26F17NO5/c1-2-3-4-5-6-7-8-12-49-18(45)15-9-10-17(16(14-15)44(46)47)48-13-11-19(27,28)20(29,30)21(31,32)22(33,34)23(35,36)24(37,38)25(39,40)26(41,42)43/h9-10,14H,2-8,11-13H2,1H3. The maximum Gasteiger partial charge on any atom is 0.460 e. The van der Waals surface area contributed by atoms with E-state index in [1.54, 1.807) is 0 Å². The summed E-state index contributed by atoms with van der Waals surface area (Å²) in [6.45, 7) is -0.205. The summed E-state index contributed by atoms with van der Waals surface area (Å²) in [5.74, 6) is -59.7. The van der Waals surface area contributed by atoms with Crippen molar-refractivity contribution < 1.29 is 93.8 Å². The zero-order chi connectivity index (χ0) is 38.5. The third kappa shape index (κ3) is 8.54. The van der Waals surface area contributed by atoms with Crippen LogP contribution in [-0.2, 0) is 4.74 Å². The van der Waals surface area contributed by atoms with E-state index in [9.17, 15) is 89.5 Å². The monoisotopic (exact) mass is 755 g/mol. The minimum atomic E-state index is -8.75.